The van der Waals surface area contributed by atoms with Gasteiger partial charge in [-0.3, -0.25) is 14.5 Å². The lowest BCUT2D eigenvalue weighted by atomic mass is 10.3. The predicted molar refractivity (Wildman–Crippen MR) is 68.1 cm³/mol. The van der Waals surface area contributed by atoms with Crippen LogP contribution < -0.4 is 5.32 Å². The van der Waals surface area contributed by atoms with Crippen molar-refractivity contribution in [1.29, 1.82) is 0 Å². The number of carbonyl (C=O) groups excluding carboxylic acids is 2. The Bertz CT molecular complexity index is 538. The maximum atomic E-state index is 11.9. The Morgan fingerprint density at radius 2 is 2.00 bits per heavy atom. The van der Waals surface area contributed by atoms with Crippen LogP contribution in [-0.2, 0) is 16.1 Å². The predicted octanol–water partition coefficient (Wildman–Crippen LogP) is 0.722. The molecule has 1 N–H and O–H groups in total. The molecule has 19 heavy (non-hydrogen) atoms. The number of rotatable bonds is 4. The first-order valence-corrected chi connectivity index (χ1v) is 6.53. The fraction of sp³-hybridized carbons (Fsp3) is 0.538. The average molecular weight is 260 g/mol. The largest absolute Gasteiger partial charge is 0.370 e. The van der Waals surface area contributed by atoms with Crippen LogP contribution in [0.2, 0.25) is 0 Å². The van der Waals surface area contributed by atoms with Gasteiger partial charge in [-0.25, -0.2) is 9.97 Å². The van der Waals surface area contributed by atoms with Gasteiger partial charge in [0.15, 0.2) is 5.82 Å². The van der Waals surface area contributed by atoms with Crippen LogP contribution in [0, 0.1) is 18.8 Å². The first-order chi connectivity index (χ1) is 9.10. The van der Waals surface area contributed by atoms with Crippen molar-refractivity contribution in [3.63, 3.8) is 0 Å². The lowest BCUT2D eigenvalue weighted by Crippen LogP contribution is -2.33. The number of amides is 2. The third kappa shape index (κ3) is 2.07. The van der Waals surface area contributed by atoms with Crippen molar-refractivity contribution in [3.05, 3.63) is 17.6 Å². The van der Waals surface area contributed by atoms with E-state index in [1.165, 1.54) is 4.90 Å². The highest BCUT2D eigenvalue weighted by Gasteiger charge is 2.58. The molecule has 1 aromatic rings. The number of fused-ring (bicyclic) bond motifs is 1. The molecule has 0 aromatic carbocycles. The van der Waals surface area contributed by atoms with Gasteiger partial charge in [0.25, 0.3) is 0 Å². The number of imide groups is 1. The van der Waals surface area contributed by atoms with Gasteiger partial charge in [0.05, 0.1) is 18.4 Å². The average Bonchev–Trinajstić information content (AvgIpc) is 3.10. The number of anilines is 1. The molecular weight excluding hydrogens is 244 g/mol. The summed E-state index contributed by atoms with van der Waals surface area (Å²) in [5.74, 6) is 0.986. The summed E-state index contributed by atoms with van der Waals surface area (Å²) in [7, 11) is 0. The third-order valence-corrected chi connectivity index (χ3v) is 3.51. The minimum atomic E-state index is -0.0647. The van der Waals surface area contributed by atoms with Gasteiger partial charge in [0, 0.05) is 18.3 Å². The monoisotopic (exact) mass is 260 g/mol. The third-order valence-electron chi connectivity index (χ3n) is 3.51. The van der Waals surface area contributed by atoms with Gasteiger partial charge >= 0.3 is 0 Å². The van der Waals surface area contributed by atoms with Crippen molar-refractivity contribution < 1.29 is 9.59 Å². The van der Waals surface area contributed by atoms with Crippen LogP contribution in [0.5, 0.6) is 0 Å². The minimum absolute atomic E-state index is 0.0643. The van der Waals surface area contributed by atoms with Crippen molar-refractivity contribution in [2.75, 3.05) is 11.9 Å². The van der Waals surface area contributed by atoms with Gasteiger partial charge in [0.1, 0.15) is 5.82 Å². The number of likely N-dealkylation sites (tertiary alicyclic amines) is 1. The topological polar surface area (TPSA) is 75.2 Å². The van der Waals surface area contributed by atoms with E-state index in [0.29, 0.717) is 5.82 Å². The molecule has 6 nitrogen and oxygen atoms in total. The van der Waals surface area contributed by atoms with Crippen LogP contribution >= 0.6 is 0 Å². The number of carbonyl (C=O) groups is 2. The van der Waals surface area contributed by atoms with Crippen molar-refractivity contribution >= 4 is 17.6 Å². The van der Waals surface area contributed by atoms with E-state index in [-0.39, 0.29) is 30.2 Å². The van der Waals surface area contributed by atoms with Crippen LogP contribution in [0.25, 0.3) is 0 Å². The molecule has 1 saturated heterocycles. The molecule has 1 aliphatic carbocycles. The highest BCUT2D eigenvalue weighted by Crippen LogP contribution is 2.47. The van der Waals surface area contributed by atoms with Gasteiger partial charge in [-0.15, -0.1) is 0 Å². The molecule has 1 aliphatic heterocycles. The Balaban J connectivity index is 1.79. The smallest absolute Gasteiger partial charge is 0.233 e. The summed E-state index contributed by atoms with van der Waals surface area (Å²) in [6.45, 7) is 4.81. The number of piperidine rings is 1. The zero-order chi connectivity index (χ0) is 13.6. The summed E-state index contributed by atoms with van der Waals surface area (Å²) >= 11 is 0. The SMILES string of the molecule is CCNc1cc(C)nc(CN2C(=O)C3CC3C2=O)n1. The standard InChI is InChI=1S/C13H16N4O2/c1-3-14-10-4-7(2)15-11(16-10)6-17-12(18)8-5-9(8)13(17)19/h4,8-9H,3,5-6H2,1-2H3,(H,14,15,16). The summed E-state index contributed by atoms with van der Waals surface area (Å²) in [5, 5.41) is 3.11. The van der Waals surface area contributed by atoms with Crippen LogP contribution in [0.4, 0.5) is 5.82 Å². The van der Waals surface area contributed by atoms with E-state index in [2.05, 4.69) is 15.3 Å². The van der Waals surface area contributed by atoms with E-state index >= 15 is 0 Å². The number of nitrogens with one attached hydrogen (secondary N) is 1. The van der Waals surface area contributed by atoms with E-state index < -0.39 is 0 Å². The summed E-state index contributed by atoms with van der Waals surface area (Å²) in [6, 6.07) is 1.85. The molecule has 6 heteroatoms. The molecule has 1 aromatic heterocycles. The number of aromatic nitrogens is 2. The fourth-order valence-corrected chi connectivity index (χ4v) is 2.52. The maximum Gasteiger partial charge on any atom is 0.233 e. The molecule has 0 bridgehead atoms. The Hall–Kier alpha value is -1.98. The summed E-state index contributed by atoms with van der Waals surface area (Å²) < 4.78 is 0. The van der Waals surface area contributed by atoms with Gasteiger partial charge in [-0.05, 0) is 20.3 Å². The first-order valence-electron chi connectivity index (χ1n) is 6.53. The van der Waals surface area contributed by atoms with Gasteiger partial charge in [-0.2, -0.15) is 0 Å². The van der Waals surface area contributed by atoms with Gasteiger partial charge < -0.3 is 5.32 Å². The number of hydrogen-bond acceptors (Lipinski definition) is 5. The lowest BCUT2D eigenvalue weighted by Gasteiger charge is -2.16. The number of hydrogen-bond donors (Lipinski definition) is 1. The Morgan fingerprint density at radius 3 is 2.63 bits per heavy atom. The number of aryl methyl sites for hydroxylation is 1. The minimum Gasteiger partial charge on any atom is -0.370 e. The maximum absolute atomic E-state index is 11.9. The summed E-state index contributed by atoms with van der Waals surface area (Å²) in [6.07, 6.45) is 0.728. The quantitative estimate of drug-likeness (QED) is 0.807. The Kier molecular flexibility index (Phi) is 2.73. The Labute approximate surface area is 111 Å². The van der Waals surface area contributed by atoms with Gasteiger partial charge in [-0.1, -0.05) is 0 Å². The van der Waals surface area contributed by atoms with E-state index in [1.807, 2.05) is 19.9 Å². The molecule has 100 valence electrons. The van der Waals surface area contributed by atoms with Crippen LogP contribution in [0.3, 0.4) is 0 Å². The summed E-state index contributed by atoms with van der Waals surface area (Å²) in [4.78, 5) is 33.7. The van der Waals surface area contributed by atoms with Crippen molar-refractivity contribution in [2.45, 2.75) is 26.8 Å². The fourth-order valence-electron chi connectivity index (χ4n) is 2.52. The van der Waals surface area contributed by atoms with Crippen molar-refractivity contribution in [1.82, 2.24) is 14.9 Å². The van der Waals surface area contributed by atoms with Crippen LogP contribution in [-0.4, -0.2) is 33.2 Å². The molecular formula is C13H16N4O2. The normalized spacial score (nSPS) is 24.6. The van der Waals surface area contributed by atoms with E-state index in [9.17, 15) is 9.59 Å². The second-order valence-electron chi connectivity index (χ2n) is 5.05. The molecule has 0 spiro atoms. The molecule has 2 heterocycles. The van der Waals surface area contributed by atoms with Gasteiger partial charge in [0.2, 0.25) is 11.8 Å². The van der Waals surface area contributed by atoms with Crippen molar-refractivity contribution in [3.8, 4) is 0 Å². The summed E-state index contributed by atoms with van der Waals surface area (Å²) in [5.41, 5.74) is 0.824. The second kappa shape index (κ2) is 4.29. The zero-order valence-electron chi connectivity index (χ0n) is 11.0. The zero-order valence-corrected chi connectivity index (χ0v) is 11.0. The number of nitrogens with zero attached hydrogens (tertiary/aromatic N) is 3. The van der Waals surface area contributed by atoms with Crippen LogP contribution in [0.1, 0.15) is 24.9 Å². The highest BCUT2D eigenvalue weighted by molar-refractivity contribution is 6.08. The van der Waals surface area contributed by atoms with Crippen molar-refractivity contribution in [2.24, 2.45) is 11.8 Å². The van der Waals surface area contributed by atoms with Crippen LogP contribution in [0.15, 0.2) is 6.07 Å². The lowest BCUT2D eigenvalue weighted by molar-refractivity contribution is -0.142. The Morgan fingerprint density at radius 1 is 1.32 bits per heavy atom. The first kappa shape index (κ1) is 12.1. The molecule has 2 aliphatic rings. The highest BCUT2D eigenvalue weighted by atomic mass is 16.2. The molecule has 0 radical (unpaired) electrons. The van der Waals surface area contributed by atoms with E-state index in [1.54, 1.807) is 0 Å². The van der Waals surface area contributed by atoms with E-state index in [4.69, 9.17) is 0 Å². The molecule has 2 amide bonds. The van der Waals surface area contributed by atoms with E-state index in [0.717, 1.165) is 24.5 Å². The molecule has 3 rings (SSSR count). The molecule has 2 atom stereocenters. The molecule has 2 unspecified atom stereocenters. The molecule has 1 saturated carbocycles. The molecule has 2 fully saturated rings. The second-order valence-corrected chi connectivity index (χ2v) is 5.05.